The molecule has 16 heavy (non-hydrogen) atoms. The van der Waals surface area contributed by atoms with E-state index in [0.29, 0.717) is 18.1 Å². The normalized spacial score (nSPS) is 12.2. The summed E-state index contributed by atoms with van der Waals surface area (Å²) in [6, 6.07) is 0.182. The summed E-state index contributed by atoms with van der Waals surface area (Å²) in [6.07, 6.45) is 1.03. The molecular weight excluding hydrogens is 231 g/mol. The smallest absolute Gasteiger partial charge is 0.283 e. The quantitative estimate of drug-likeness (QED) is 0.384. The van der Waals surface area contributed by atoms with Crippen molar-refractivity contribution in [1.29, 1.82) is 0 Å². The molecule has 0 bridgehead atoms. The number of anilines is 1. The third-order valence-corrected chi connectivity index (χ3v) is 2.32. The van der Waals surface area contributed by atoms with Crippen molar-refractivity contribution in [3.05, 3.63) is 12.0 Å². The van der Waals surface area contributed by atoms with Gasteiger partial charge in [-0.2, -0.15) is 4.39 Å². The molecule has 0 aromatic carbocycles. The van der Waals surface area contributed by atoms with E-state index in [2.05, 4.69) is 15.3 Å². The molecule has 1 aromatic rings. The predicted molar refractivity (Wildman–Crippen MR) is 64.9 cm³/mol. The number of amidine groups is 1. The van der Waals surface area contributed by atoms with Crippen molar-refractivity contribution in [3.63, 3.8) is 0 Å². The highest BCUT2D eigenvalue weighted by Crippen LogP contribution is 2.21. The molecule has 1 heterocycles. The highest BCUT2D eigenvalue weighted by atomic mass is 35.5. The van der Waals surface area contributed by atoms with E-state index >= 15 is 0 Å². The average Bonchev–Trinajstić information content (AvgIpc) is 2.61. The van der Waals surface area contributed by atoms with Crippen molar-refractivity contribution in [2.75, 3.05) is 11.9 Å². The van der Waals surface area contributed by atoms with Crippen LogP contribution in [0.15, 0.2) is 11.3 Å². The standard InChI is InChI=1S/C10H16ClFN4/c1-4-13-10(12)15-9-8(5-11)14-6-16(9)7(2)3/h6-7H,4-5H2,1-3H3,(H,13,15). The van der Waals surface area contributed by atoms with Gasteiger partial charge in [0.1, 0.15) is 5.82 Å². The molecule has 0 radical (unpaired) electrons. The monoisotopic (exact) mass is 246 g/mol. The molecule has 1 aromatic heterocycles. The third-order valence-electron chi connectivity index (χ3n) is 2.07. The summed E-state index contributed by atoms with van der Waals surface area (Å²) >= 11 is 5.73. The molecule has 0 spiro atoms. The van der Waals surface area contributed by atoms with Gasteiger partial charge in [-0.25, -0.2) is 9.98 Å². The van der Waals surface area contributed by atoms with Crippen LogP contribution in [0.2, 0.25) is 0 Å². The summed E-state index contributed by atoms with van der Waals surface area (Å²) in [7, 11) is 0. The molecule has 0 aliphatic heterocycles. The molecule has 0 aliphatic rings. The molecule has 0 amide bonds. The van der Waals surface area contributed by atoms with Gasteiger partial charge in [0.05, 0.1) is 17.9 Å². The predicted octanol–water partition coefficient (Wildman–Crippen LogP) is 2.96. The van der Waals surface area contributed by atoms with E-state index < -0.39 is 6.09 Å². The maximum absolute atomic E-state index is 13.3. The first kappa shape index (κ1) is 13.0. The minimum atomic E-state index is -0.615. The van der Waals surface area contributed by atoms with Crippen LogP contribution in [0.4, 0.5) is 10.2 Å². The summed E-state index contributed by atoms with van der Waals surface area (Å²) < 4.78 is 15.1. The van der Waals surface area contributed by atoms with Crippen LogP contribution in [0.25, 0.3) is 0 Å². The van der Waals surface area contributed by atoms with Crippen molar-refractivity contribution in [3.8, 4) is 0 Å². The van der Waals surface area contributed by atoms with Crippen LogP contribution in [-0.4, -0.2) is 22.2 Å². The maximum atomic E-state index is 13.3. The molecule has 0 saturated carbocycles. The number of aliphatic imine (C=N–C) groups is 1. The number of halogens is 2. The molecule has 0 fully saturated rings. The summed E-state index contributed by atoms with van der Waals surface area (Å²) in [5.41, 5.74) is 0.622. The zero-order chi connectivity index (χ0) is 12.1. The molecule has 4 nitrogen and oxygen atoms in total. The van der Waals surface area contributed by atoms with Gasteiger partial charge in [-0.1, -0.05) is 0 Å². The Balaban J connectivity index is 2.99. The molecule has 0 aliphatic carbocycles. The Kier molecular flexibility index (Phi) is 4.73. The Labute approximate surface area is 99.5 Å². The minimum Gasteiger partial charge on any atom is -0.314 e. The lowest BCUT2D eigenvalue weighted by atomic mass is 10.4. The zero-order valence-corrected chi connectivity index (χ0v) is 10.4. The molecular formula is C10H16ClFN4. The maximum Gasteiger partial charge on any atom is 0.283 e. The molecule has 0 unspecified atom stereocenters. The fourth-order valence-electron chi connectivity index (χ4n) is 1.30. The van der Waals surface area contributed by atoms with Crippen molar-refractivity contribution in [2.45, 2.75) is 32.7 Å². The lowest BCUT2D eigenvalue weighted by Crippen LogP contribution is -2.13. The third kappa shape index (κ3) is 2.95. The van der Waals surface area contributed by atoms with E-state index in [9.17, 15) is 4.39 Å². The zero-order valence-electron chi connectivity index (χ0n) is 9.67. The van der Waals surface area contributed by atoms with E-state index in [1.54, 1.807) is 13.3 Å². The van der Waals surface area contributed by atoms with Crippen LogP contribution in [0, 0.1) is 0 Å². The van der Waals surface area contributed by atoms with Crippen LogP contribution in [0.1, 0.15) is 32.5 Å². The topological polar surface area (TPSA) is 42.2 Å². The summed E-state index contributed by atoms with van der Waals surface area (Å²) in [5, 5.41) is 2.59. The number of nitrogens with one attached hydrogen (secondary N) is 1. The van der Waals surface area contributed by atoms with Gasteiger partial charge in [0.2, 0.25) is 0 Å². The first-order valence-corrected chi connectivity index (χ1v) is 5.72. The van der Waals surface area contributed by atoms with Gasteiger partial charge in [-0.15, -0.1) is 11.6 Å². The Morgan fingerprint density at radius 1 is 1.69 bits per heavy atom. The van der Waals surface area contributed by atoms with Crippen molar-refractivity contribution < 1.29 is 4.39 Å². The van der Waals surface area contributed by atoms with Gasteiger partial charge in [0.15, 0.2) is 0 Å². The molecule has 0 atom stereocenters. The molecule has 1 rings (SSSR count). The van der Waals surface area contributed by atoms with Crippen LogP contribution in [-0.2, 0) is 5.88 Å². The van der Waals surface area contributed by atoms with Gasteiger partial charge in [0, 0.05) is 12.6 Å². The Bertz CT molecular complexity index is 373. The van der Waals surface area contributed by atoms with Gasteiger partial charge >= 0.3 is 0 Å². The van der Waals surface area contributed by atoms with Gasteiger partial charge in [0.25, 0.3) is 6.09 Å². The second-order valence-corrected chi connectivity index (χ2v) is 3.83. The van der Waals surface area contributed by atoms with Gasteiger partial charge < -0.3 is 9.88 Å². The highest BCUT2D eigenvalue weighted by Gasteiger charge is 2.13. The van der Waals surface area contributed by atoms with E-state index in [-0.39, 0.29) is 11.9 Å². The van der Waals surface area contributed by atoms with E-state index in [1.165, 1.54) is 0 Å². The van der Waals surface area contributed by atoms with Crippen molar-refractivity contribution in [2.24, 2.45) is 4.99 Å². The lowest BCUT2D eigenvalue weighted by molar-refractivity contribution is 0.605. The summed E-state index contributed by atoms with van der Waals surface area (Å²) in [5.74, 6) is 0.807. The summed E-state index contributed by atoms with van der Waals surface area (Å²) in [4.78, 5) is 7.75. The number of hydrogen-bond donors (Lipinski definition) is 1. The average molecular weight is 247 g/mol. The van der Waals surface area contributed by atoms with Gasteiger partial charge in [-0.3, -0.25) is 0 Å². The molecule has 0 saturated heterocycles. The Morgan fingerprint density at radius 3 is 2.88 bits per heavy atom. The second kappa shape index (κ2) is 5.84. The second-order valence-electron chi connectivity index (χ2n) is 3.56. The number of alkyl halides is 1. The van der Waals surface area contributed by atoms with E-state index in [4.69, 9.17) is 11.6 Å². The Hall–Kier alpha value is -1.10. The number of aromatic nitrogens is 2. The first-order valence-electron chi connectivity index (χ1n) is 5.18. The van der Waals surface area contributed by atoms with Crippen molar-refractivity contribution >= 4 is 23.5 Å². The number of rotatable bonds is 4. The number of hydrogen-bond acceptors (Lipinski definition) is 2. The molecule has 6 heteroatoms. The fraction of sp³-hybridized carbons (Fsp3) is 0.600. The molecule has 90 valence electrons. The van der Waals surface area contributed by atoms with Crippen LogP contribution in [0.5, 0.6) is 0 Å². The largest absolute Gasteiger partial charge is 0.314 e. The number of imidazole rings is 1. The SMILES string of the molecule is CCN=C(F)Nc1c(CCl)ncn1C(C)C. The Morgan fingerprint density at radius 2 is 2.38 bits per heavy atom. The fourth-order valence-corrected chi connectivity index (χ4v) is 1.50. The van der Waals surface area contributed by atoms with E-state index in [0.717, 1.165) is 0 Å². The highest BCUT2D eigenvalue weighted by molar-refractivity contribution is 6.17. The van der Waals surface area contributed by atoms with Crippen LogP contribution >= 0.6 is 11.6 Å². The lowest BCUT2D eigenvalue weighted by Gasteiger charge is -2.12. The molecule has 1 N–H and O–H groups in total. The van der Waals surface area contributed by atoms with Crippen molar-refractivity contribution in [1.82, 2.24) is 9.55 Å². The van der Waals surface area contributed by atoms with Gasteiger partial charge in [-0.05, 0) is 20.8 Å². The van der Waals surface area contributed by atoms with Crippen LogP contribution in [0.3, 0.4) is 0 Å². The number of nitrogens with zero attached hydrogens (tertiary/aromatic N) is 3. The first-order chi connectivity index (χ1) is 7.60. The minimum absolute atomic E-state index is 0.182. The van der Waals surface area contributed by atoms with Crippen LogP contribution < -0.4 is 5.32 Å². The van der Waals surface area contributed by atoms with E-state index in [1.807, 2.05) is 18.4 Å². The summed E-state index contributed by atoms with van der Waals surface area (Å²) in [6.45, 7) is 6.13.